The fourth-order valence-electron chi connectivity index (χ4n) is 3.71. The number of rotatable bonds is 7. The first-order chi connectivity index (χ1) is 17.4. The second kappa shape index (κ2) is 10.5. The van der Waals surface area contributed by atoms with E-state index in [1.165, 1.54) is 23.9 Å². The summed E-state index contributed by atoms with van der Waals surface area (Å²) < 4.78 is 50.4. The summed E-state index contributed by atoms with van der Waals surface area (Å²) in [4.78, 5) is 17.0. The molecule has 0 spiro atoms. The van der Waals surface area contributed by atoms with Crippen molar-refractivity contribution >= 4 is 28.6 Å². The second-order valence-electron chi connectivity index (χ2n) is 9.45. The number of thioether (sulfide) groups is 1. The zero-order valence-corrected chi connectivity index (χ0v) is 21.5. The van der Waals surface area contributed by atoms with Crippen LogP contribution in [-0.2, 0) is 15.7 Å². The molecule has 6 nitrogen and oxygen atoms in total. The summed E-state index contributed by atoms with van der Waals surface area (Å²) in [5.74, 6) is 0.0717. The number of ether oxygens (including phenoxy) is 2. The highest BCUT2D eigenvalue weighted by Crippen LogP contribution is 2.43. The van der Waals surface area contributed by atoms with Crippen LogP contribution in [0.3, 0.4) is 0 Å². The molecule has 0 aliphatic carbocycles. The Morgan fingerprint density at radius 3 is 2.46 bits per heavy atom. The molecule has 0 saturated heterocycles. The van der Waals surface area contributed by atoms with E-state index in [9.17, 15) is 18.0 Å². The van der Waals surface area contributed by atoms with Crippen LogP contribution in [0.1, 0.15) is 48.4 Å². The molecule has 37 heavy (non-hydrogen) atoms. The van der Waals surface area contributed by atoms with Gasteiger partial charge >= 0.3 is 12.1 Å². The van der Waals surface area contributed by atoms with Crippen molar-refractivity contribution in [2.45, 2.75) is 49.6 Å². The highest BCUT2D eigenvalue weighted by molar-refractivity contribution is 7.99. The smallest absolute Gasteiger partial charge is 0.416 e. The molecule has 0 fully saturated rings. The molecule has 0 saturated carbocycles. The average Bonchev–Trinajstić information content (AvgIpc) is 3.24. The molecule has 1 atom stereocenters. The number of aryl methyl sites for hydroxylation is 1. The van der Waals surface area contributed by atoms with Crippen LogP contribution >= 0.6 is 11.8 Å². The molecule has 0 radical (unpaired) electrons. The predicted molar refractivity (Wildman–Crippen MR) is 136 cm³/mol. The summed E-state index contributed by atoms with van der Waals surface area (Å²) in [5.41, 5.74) is 1.59. The van der Waals surface area contributed by atoms with E-state index in [4.69, 9.17) is 9.47 Å². The first-order valence-electron chi connectivity index (χ1n) is 11.5. The van der Waals surface area contributed by atoms with Crippen LogP contribution in [0.15, 0.2) is 65.8 Å². The summed E-state index contributed by atoms with van der Waals surface area (Å²) in [6.07, 6.45) is -1.09. The Morgan fingerprint density at radius 2 is 1.81 bits per heavy atom. The Bertz CT molecular complexity index is 1400. The number of esters is 1. The van der Waals surface area contributed by atoms with E-state index in [0.717, 1.165) is 33.5 Å². The van der Waals surface area contributed by atoms with Crippen molar-refractivity contribution in [3.8, 4) is 5.75 Å². The standard InChI is InChI=1S/C27H26F3N3O3S/c1-16-13-19(9-10-22(16)35-15-23(34)36-26(2,3)4)37-25(17-5-7-18(8-6-17)27(28,29)30)24-20-14-31-12-11-21(20)32-33-24/h5-14,25H,15H2,1-4H3,(H,32,33). The van der Waals surface area contributed by atoms with Gasteiger partial charge in [-0.2, -0.15) is 18.3 Å². The molecular formula is C27H26F3N3O3S. The summed E-state index contributed by atoms with van der Waals surface area (Å²) in [7, 11) is 0. The minimum Gasteiger partial charge on any atom is -0.482 e. The molecule has 194 valence electrons. The molecule has 1 N–H and O–H groups in total. The van der Waals surface area contributed by atoms with Gasteiger partial charge in [0.15, 0.2) is 6.61 Å². The van der Waals surface area contributed by atoms with Crippen LogP contribution in [0.25, 0.3) is 10.9 Å². The van der Waals surface area contributed by atoms with Crippen molar-refractivity contribution in [3.05, 3.63) is 83.3 Å². The summed E-state index contributed by atoms with van der Waals surface area (Å²) in [6.45, 7) is 7.00. The third-order valence-corrected chi connectivity index (χ3v) is 6.61. The zero-order valence-electron chi connectivity index (χ0n) is 20.7. The molecule has 2 heterocycles. The van der Waals surface area contributed by atoms with Gasteiger partial charge < -0.3 is 9.47 Å². The first-order valence-corrected chi connectivity index (χ1v) is 12.4. The Hall–Kier alpha value is -3.53. The number of alkyl halides is 3. The molecule has 0 amide bonds. The van der Waals surface area contributed by atoms with Crippen LogP contribution in [0, 0.1) is 6.92 Å². The van der Waals surface area contributed by atoms with E-state index in [1.54, 1.807) is 45.3 Å². The number of halogens is 3. The zero-order chi connectivity index (χ0) is 26.8. The third kappa shape index (κ3) is 6.62. The number of hydrogen-bond donors (Lipinski definition) is 1. The number of aromatic nitrogens is 3. The summed E-state index contributed by atoms with van der Waals surface area (Å²) in [6, 6.07) is 12.4. The normalized spacial score (nSPS) is 12.9. The van der Waals surface area contributed by atoms with Crippen molar-refractivity contribution in [1.82, 2.24) is 15.2 Å². The van der Waals surface area contributed by atoms with Crippen LogP contribution in [0.5, 0.6) is 5.75 Å². The summed E-state index contributed by atoms with van der Waals surface area (Å²) >= 11 is 1.44. The van der Waals surface area contributed by atoms with Gasteiger partial charge in [0.1, 0.15) is 11.4 Å². The lowest BCUT2D eigenvalue weighted by atomic mass is 10.0. The molecule has 2 aromatic heterocycles. The Labute approximate surface area is 216 Å². The van der Waals surface area contributed by atoms with E-state index in [2.05, 4.69) is 15.2 Å². The Balaban J connectivity index is 1.61. The molecular weight excluding hydrogens is 503 g/mol. The molecule has 0 bridgehead atoms. The van der Waals surface area contributed by atoms with Crippen LogP contribution < -0.4 is 4.74 Å². The third-order valence-electron chi connectivity index (χ3n) is 5.35. The Kier molecular flexibility index (Phi) is 7.49. The van der Waals surface area contributed by atoms with Gasteiger partial charge in [-0.3, -0.25) is 10.1 Å². The predicted octanol–water partition coefficient (Wildman–Crippen LogP) is 6.89. The maximum absolute atomic E-state index is 13.2. The molecule has 0 aliphatic heterocycles. The van der Waals surface area contributed by atoms with Crippen molar-refractivity contribution in [3.63, 3.8) is 0 Å². The van der Waals surface area contributed by atoms with E-state index in [1.807, 2.05) is 19.1 Å². The summed E-state index contributed by atoms with van der Waals surface area (Å²) in [5, 5.41) is 7.83. The van der Waals surface area contributed by atoms with Crippen molar-refractivity contribution in [1.29, 1.82) is 0 Å². The average molecular weight is 530 g/mol. The number of fused-ring (bicyclic) bond motifs is 1. The van der Waals surface area contributed by atoms with E-state index >= 15 is 0 Å². The Morgan fingerprint density at radius 1 is 1.08 bits per heavy atom. The van der Waals surface area contributed by atoms with Gasteiger partial charge in [0.2, 0.25) is 0 Å². The first kappa shape index (κ1) is 26.5. The van der Waals surface area contributed by atoms with Gasteiger partial charge in [-0.05, 0) is 75.2 Å². The molecule has 2 aromatic carbocycles. The maximum Gasteiger partial charge on any atom is 0.416 e. The van der Waals surface area contributed by atoms with Gasteiger partial charge in [-0.25, -0.2) is 4.79 Å². The maximum atomic E-state index is 13.2. The number of carbonyl (C=O) groups excluding carboxylic acids is 1. The minimum atomic E-state index is -4.42. The van der Waals surface area contributed by atoms with Gasteiger partial charge in [0.25, 0.3) is 0 Å². The fourth-order valence-corrected chi connectivity index (χ4v) is 4.95. The van der Waals surface area contributed by atoms with Crippen molar-refractivity contribution in [2.75, 3.05) is 6.61 Å². The van der Waals surface area contributed by atoms with E-state index in [0.29, 0.717) is 17.0 Å². The number of nitrogens with zero attached hydrogens (tertiary/aromatic N) is 2. The second-order valence-corrected chi connectivity index (χ2v) is 10.6. The quantitative estimate of drug-likeness (QED) is 0.208. The highest BCUT2D eigenvalue weighted by atomic mass is 32.2. The number of pyridine rings is 1. The lowest BCUT2D eigenvalue weighted by molar-refractivity contribution is -0.157. The largest absolute Gasteiger partial charge is 0.482 e. The van der Waals surface area contributed by atoms with Gasteiger partial charge in [0.05, 0.1) is 22.0 Å². The van der Waals surface area contributed by atoms with Gasteiger partial charge in [-0.1, -0.05) is 12.1 Å². The molecule has 10 heteroatoms. The lowest BCUT2D eigenvalue weighted by Crippen LogP contribution is -2.27. The number of carbonyl (C=O) groups is 1. The van der Waals surface area contributed by atoms with Gasteiger partial charge in [0, 0.05) is 22.7 Å². The SMILES string of the molecule is Cc1cc(SC(c2ccc(C(F)(F)F)cc2)c2n[nH]c3ccncc23)ccc1OCC(=O)OC(C)(C)C. The van der Waals surface area contributed by atoms with Crippen molar-refractivity contribution in [2.24, 2.45) is 0 Å². The number of benzene rings is 2. The number of aromatic amines is 1. The molecule has 0 aliphatic rings. The highest BCUT2D eigenvalue weighted by Gasteiger charge is 2.31. The van der Waals surface area contributed by atoms with Gasteiger partial charge in [-0.15, -0.1) is 11.8 Å². The van der Waals surface area contributed by atoms with Crippen molar-refractivity contribution < 1.29 is 27.4 Å². The van der Waals surface area contributed by atoms with Crippen LogP contribution in [-0.4, -0.2) is 33.4 Å². The topological polar surface area (TPSA) is 77.1 Å². The molecule has 4 aromatic rings. The lowest BCUT2D eigenvalue weighted by Gasteiger charge is -2.20. The number of nitrogens with one attached hydrogen (secondary N) is 1. The molecule has 1 unspecified atom stereocenters. The number of hydrogen-bond acceptors (Lipinski definition) is 6. The molecule has 4 rings (SSSR count). The van der Waals surface area contributed by atoms with Crippen LogP contribution in [0.2, 0.25) is 0 Å². The minimum absolute atomic E-state index is 0.217. The van der Waals surface area contributed by atoms with Crippen LogP contribution in [0.4, 0.5) is 13.2 Å². The van der Waals surface area contributed by atoms with E-state index < -0.39 is 28.6 Å². The van der Waals surface area contributed by atoms with E-state index in [-0.39, 0.29) is 6.61 Å². The monoisotopic (exact) mass is 529 g/mol. The number of H-pyrrole nitrogens is 1. The fraction of sp³-hybridized carbons (Fsp3) is 0.296.